The average molecular weight is 375 g/mol. The molecule has 0 radical (unpaired) electrons. The second-order valence-electron chi connectivity index (χ2n) is 6.61. The van der Waals surface area contributed by atoms with E-state index >= 15 is 0 Å². The van der Waals surface area contributed by atoms with Gasteiger partial charge in [0.15, 0.2) is 0 Å². The highest BCUT2D eigenvalue weighted by atomic mass is 32.2. The Balaban J connectivity index is 2.11. The van der Waals surface area contributed by atoms with Crippen LogP contribution in [0.25, 0.3) is 0 Å². The summed E-state index contributed by atoms with van der Waals surface area (Å²) in [6.07, 6.45) is 9.34. The molecule has 0 bridgehead atoms. The van der Waals surface area contributed by atoms with E-state index in [2.05, 4.69) is 86.1 Å². The second kappa shape index (κ2) is 13.1. The van der Waals surface area contributed by atoms with E-state index in [1.165, 1.54) is 48.3 Å². The van der Waals surface area contributed by atoms with Crippen LogP contribution in [0, 0.1) is 23.7 Å². The maximum absolute atomic E-state index is 3.37. The molecule has 0 spiro atoms. The molecule has 0 aliphatic carbocycles. The van der Waals surface area contributed by atoms with E-state index in [4.69, 9.17) is 0 Å². The van der Waals surface area contributed by atoms with Crippen molar-refractivity contribution in [2.75, 3.05) is 0 Å². The predicted octanol–water partition coefficient (Wildman–Crippen LogP) is 7.70. The third kappa shape index (κ3) is 7.99. The molecule has 0 nitrogen and oxygen atoms in total. The van der Waals surface area contributed by atoms with Crippen molar-refractivity contribution in [2.45, 2.75) is 75.0 Å². The molecule has 0 atom stereocenters. The third-order valence-electron chi connectivity index (χ3n) is 4.25. The Labute approximate surface area is 170 Å². The summed E-state index contributed by atoms with van der Waals surface area (Å²) in [5.41, 5.74) is 2.23. The first-order valence-electron chi connectivity index (χ1n) is 10.2. The number of hydrogen-bond donors (Lipinski definition) is 0. The molecule has 2 rings (SSSR count). The first-order chi connectivity index (χ1) is 13.3. The fourth-order valence-corrected chi connectivity index (χ4v) is 3.67. The minimum Gasteiger partial charge on any atom is -0.0979 e. The van der Waals surface area contributed by atoms with Gasteiger partial charge in [-0.2, -0.15) is 0 Å². The lowest BCUT2D eigenvalue weighted by Crippen LogP contribution is -1.85. The van der Waals surface area contributed by atoms with Gasteiger partial charge in [-0.1, -0.05) is 99.2 Å². The average Bonchev–Trinajstić information content (AvgIpc) is 2.70. The molecule has 0 amide bonds. The van der Waals surface area contributed by atoms with Gasteiger partial charge in [-0.3, -0.25) is 0 Å². The van der Waals surface area contributed by atoms with Crippen LogP contribution in [0.4, 0.5) is 0 Å². The van der Waals surface area contributed by atoms with Crippen molar-refractivity contribution in [3.63, 3.8) is 0 Å². The lowest BCUT2D eigenvalue weighted by Gasteiger charge is -2.06. The maximum atomic E-state index is 3.37. The molecular formula is C26H30S. The first kappa shape index (κ1) is 21.2. The zero-order valence-electron chi connectivity index (χ0n) is 16.7. The van der Waals surface area contributed by atoms with Gasteiger partial charge in [0.05, 0.1) is 0 Å². The molecule has 0 fully saturated rings. The highest BCUT2D eigenvalue weighted by Gasteiger charge is 2.05. The van der Waals surface area contributed by atoms with Crippen molar-refractivity contribution >= 4 is 11.8 Å². The van der Waals surface area contributed by atoms with E-state index in [9.17, 15) is 0 Å². The van der Waals surface area contributed by atoms with Gasteiger partial charge < -0.3 is 0 Å². The van der Waals surface area contributed by atoms with Crippen molar-refractivity contribution in [3.8, 4) is 23.7 Å². The Hall–Kier alpha value is -2.09. The molecule has 0 aliphatic heterocycles. The van der Waals surface area contributed by atoms with Crippen molar-refractivity contribution in [1.82, 2.24) is 0 Å². The van der Waals surface area contributed by atoms with Crippen molar-refractivity contribution < 1.29 is 0 Å². The largest absolute Gasteiger partial charge is 0.0979 e. The van der Waals surface area contributed by atoms with Crippen LogP contribution in [0.5, 0.6) is 0 Å². The summed E-state index contributed by atoms with van der Waals surface area (Å²) in [7, 11) is 0. The number of benzene rings is 2. The van der Waals surface area contributed by atoms with Gasteiger partial charge in [-0.15, -0.1) is 0 Å². The molecule has 1 heteroatoms. The number of rotatable bonds is 8. The third-order valence-corrected chi connectivity index (χ3v) is 5.40. The molecular weight excluding hydrogens is 344 g/mol. The summed E-state index contributed by atoms with van der Waals surface area (Å²) in [4.78, 5) is 2.42. The fourth-order valence-electron chi connectivity index (χ4n) is 2.68. The molecule has 140 valence electrons. The van der Waals surface area contributed by atoms with Gasteiger partial charge in [0.2, 0.25) is 0 Å². The smallest absolute Gasteiger partial charge is 0.0384 e. The van der Waals surface area contributed by atoms with Crippen LogP contribution >= 0.6 is 11.8 Å². The summed E-state index contributed by atoms with van der Waals surface area (Å²) in [5, 5.41) is 0. The van der Waals surface area contributed by atoms with Crippen LogP contribution < -0.4 is 0 Å². The minimum absolute atomic E-state index is 0.979. The molecule has 0 saturated carbocycles. The van der Waals surface area contributed by atoms with Gasteiger partial charge in [-0.05, 0) is 37.1 Å². The summed E-state index contributed by atoms with van der Waals surface area (Å²) >= 11 is 1.77. The fraction of sp³-hybridized carbons (Fsp3) is 0.385. The SMILES string of the molecule is CCCCCC#Cc1ccccc1Sc1ccccc1C#CCCCCC. The van der Waals surface area contributed by atoms with E-state index in [1.807, 2.05) is 0 Å². The first-order valence-corrected chi connectivity index (χ1v) is 11.0. The molecule has 2 aromatic rings. The summed E-state index contributed by atoms with van der Waals surface area (Å²) in [5.74, 6) is 13.4. The van der Waals surface area contributed by atoms with E-state index < -0.39 is 0 Å². The zero-order chi connectivity index (χ0) is 19.2. The van der Waals surface area contributed by atoms with Crippen LogP contribution in [0.2, 0.25) is 0 Å². The Morgan fingerprint density at radius 2 is 1.07 bits per heavy atom. The molecule has 27 heavy (non-hydrogen) atoms. The summed E-state index contributed by atoms with van der Waals surface area (Å²) in [6.45, 7) is 4.45. The molecule has 0 N–H and O–H groups in total. The van der Waals surface area contributed by atoms with Crippen molar-refractivity contribution in [2.24, 2.45) is 0 Å². The second-order valence-corrected chi connectivity index (χ2v) is 7.70. The number of hydrogen-bond acceptors (Lipinski definition) is 1. The normalized spacial score (nSPS) is 9.85. The van der Waals surface area contributed by atoms with Crippen molar-refractivity contribution in [3.05, 3.63) is 59.7 Å². The van der Waals surface area contributed by atoms with Gasteiger partial charge >= 0.3 is 0 Å². The van der Waals surface area contributed by atoms with Crippen molar-refractivity contribution in [1.29, 1.82) is 0 Å². The quantitative estimate of drug-likeness (QED) is 0.337. The standard InChI is InChI=1S/C26H30S/c1-3-5-7-9-11-17-23-19-13-15-21-25(23)27-26-22-16-14-20-24(26)18-12-10-8-6-4-2/h13-16,19-22H,3-10H2,1-2H3. The Kier molecular flexibility index (Phi) is 10.3. The lowest BCUT2D eigenvalue weighted by molar-refractivity contribution is 0.737. The summed E-state index contributed by atoms with van der Waals surface area (Å²) < 4.78 is 0. The van der Waals surface area contributed by atoms with Crippen LogP contribution in [-0.2, 0) is 0 Å². The van der Waals surface area contributed by atoms with Crippen LogP contribution in [-0.4, -0.2) is 0 Å². The maximum Gasteiger partial charge on any atom is 0.0384 e. The topological polar surface area (TPSA) is 0 Å². The van der Waals surface area contributed by atoms with Gasteiger partial charge in [-0.25, -0.2) is 0 Å². The van der Waals surface area contributed by atoms with E-state index in [1.54, 1.807) is 11.8 Å². The highest BCUT2D eigenvalue weighted by Crippen LogP contribution is 2.32. The Morgan fingerprint density at radius 1 is 0.630 bits per heavy atom. The Morgan fingerprint density at radius 3 is 1.52 bits per heavy atom. The molecule has 0 unspecified atom stereocenters. The van der Waals surface area contributed by atoms with Gasteiger partial charge in [0, 0.05) is 33.8 Å². The Bertz CT molecular complexity index is 742. The van der Waals surface area contributed by atoms with Crippen LogP contribution in [0.15, 0.2) is 58.3 Å². The monoisotopic (exact) mass is 374 g/mol. The van der Waals surface area contributed by atoms with Gasteiger partial charge in [0.1, 0.15) is 0 Å². The van der Waals surface area contributed by atoms with Crippen LogP contribution in [0.1, 0.15) is 76.3 Å². The lowest BCUT2D eigenvalue weighted by atomic mass is 10.2. The van der Waals surface area contributed by atoms with E-state index in [0.717, 1.165) is 24.0 Å². The van der Waals surface area contributed by atoms with E-state index in [-0.39, 0.29) is 0 Å². The molecule has 0 saturated heterocycles. The molecule has 0 aromatic heterocycles. The predicted molar refractivity (Wildman–Crippen MR) is 119 cm³/mol. The number of unbranched alkanes of at least 4 members (excludes halogenated alkanes) is 6. The molecule has 2 aromatic carbocycles. The summed E-state index contributed by atoms with van der Waals surface area (Å²) in [6, 6.07) is 16.9. The molecule has 0 aliphatic rings. The zero-order valence-corrected chi connectivity index (χ0v) is 17.5. The van der Waals surface area contributed by atoms with Crippen LogP contribution in [0.3, 0.4) is 0 Å². The van der Waals surface area contributed by atoms with Gasteiger partial charge in [0.25, 0.3) is 0 Å². The highest BCUT2D eigenvalue weighted by molar-refractivity contribution is 7.99. The minimum atomic E-state index is 0.979. The van der Waals surface area contributed by atoms with E-state index in [0.29, 0.717) is 0 Å². The molecule has 0 heterocycles.